The Hall–Kier alpha value is -3.16. The zero-order valence-electron chi connectivity index (χ0n) is 16.1. The van der Waals surface area contributed by atoms with Crippen LogP contribution in [0.2, 0.25) is 0 Å². The zero-order chi connectivity index (χ0) is 19.5. The summed E-state index contributed by atoms with van der Waals surface area (Å²) in [5.74, 6) is 2.70. The van der Waals surface area contributed by atoms with E-state index >= 15 is 0 Å². The van der Waals surface area contributed by atoms with Gasteiger partial charge in [-0.25, -0.2) is 4.98 Å². The van der Waals surface area contributed by atoms with Crippen LogP contribution < -0.4 is 10.1 Å². The maximum Gasteiger partial charge on any atom is 0.255 e. The maximum absolute atomic E-state index is 12.6. The van der Waals surface area contributed by atoms with Crippen LogP contribution in [0.1, 0.15) is 47.7 Å². The summed E-state index contributed by atoms with van der Waals surface area (Å²) in [7, 11) is 1.99. The number of carbonyl (C=O) groups excluding carboxylic acids is 1. The first-order chi connectivity index (χ1) is 13.7. The molecule has 28 heavy (non-hydrogen) atoms. The number of benzene rings is 1. The van der Waals surface area contributed by atoms with Crippen LogP contribution in [0.25, 0.3) is 0 Å². The van der Waals surface area contributed by atoms with E-state index in [0.717, 1.165) is 24.5 Å². The van der Waals surface area contributed by atoms with E-state index in [4.69, 9.17) is 4.74 Å². The molecule has 0 atom stereocenters. The van der Waals surface area contributed by atoms with E-state index in [9.17, 15) is 4.79 Å². The third-order valence-corrected chi connectivity index (χ3v) is 5.15. The fourth-order valence-electron chi connectivity index (χ4n) is 3.56. The molecule has 8 heteroatoms. The van der Waals surface area contributed by atoms with Gasteiger partial charge in [0.15, 0.2) is 5.82 Å². The minimum absolute atomic E-state index is 0.0914. The molecule has 3 aromatic rings. The quantitative estimate of drug-likeness (QED) is 0.679. The van der Waals surface area contributed by atoms with Gasteiger partial charge in [-0.2, -0.15) is 0 Å². The fourth-order valence-corrected chi connectivity index (χ4v) is 3.56. The van der Waals surface area contributed by atoms with Crippen molar-refractivity contribution in [2.24, 2.45) is 7.05 Å². The Labute approximate surface area is 163 Å². The number of ether oxygens (including phenoxy) is 1. The van der Waals surface area contributed by atoms with Crippen molar-refractivity contribution in [3.8, 4) is 5.75 Å². The molecule has 0 unspecified atom stereocenters. The van der Waals surface area contributed by atoms with Crippen molar-refractivity contribution in [3.63, 3.8) is 0 Å². The average Bonchev–Trinajstić information content (AvgIpc) is 3.30. The molecule has 1 N–H and O–H groups in total. The van der Waals surface area contributed by atoms with E-state index in [1.807, 2.05) is 47.5 Å². The van der Waals surface area contributed by atoms with Crippen LogP contribution in [0.3, 0.4) is 0 Å². The average molecular weight is 380 g/mol. The van der Waals surface area contributed by atoms with Gasteiger partial charge in [0.2, 0.25) is 0 Å². The summed E-state index contributed by atoms with van der Waals surface area (Å²) in [6.45, 7) is 3.08. The summed E-state index contributed by atoms with van der Waals surface area (Å²) in [5.41, 5.74) is 0.578. The summed E-state index contributed by atoms with van der Waals surface area (Å²) < 4.78 is 9.57. The number of aromatic nitrogens is 5. The number of para-hydroxylation sites is 1. The van der Waals surface area contributed by atoms with Gasteiger partial charge in [0.1, 0.15) is 11.6 Å². The summed E-state index contributed by atoms with van der Waals surface area (Å²) >= 11 is 0. The number of imidazole rings is 1. The minimum atomic E-state index is -0.0914. The molecule has 0 saturated heterocycles. The first kappa shape index (κ1) is 18.2. The Kier molecular flexibility index (Phi) is 5.10. The standard InChI is InChI=1S/C20H24N6O2/c1-3-28-17-7-5-4-6-16(17)20(27)22-15-10-14(11-15)19-24-23-18(25(19)2)12-26-9-8-21-13-26/h4-9,13-15H,3,10-12H2,1-2H3,(H,22,27). The minimum Gasteiger partial charge on any atom is -0.493 e. The third-order valence-electron chi connectivity index (χ3n) is 5.15. The van der Waals surface area contributed by atoms with E-state index in [-0.39, 0.29) is 11.9 Å². The molecular weight excluding hydrogens is 356 g/mol. The third kappa shape index (κ3) is 3.62. The van der Waals surface area contributed by atoms with Crippen LogP contribution in [0.4, 0.5) is 0 Å². The van der Waals surface area contributed by atoms with Crippen molar-refractivity contribution in [3.05, 3.63) is 60.2 Å². The van der Waals surface area contributed by atoms with Gasteiger partial charge in [-0.1, -0.05) is 12.1 Å². The molecule has 0 radical (unpaired) electrons. The highest BCUT2D eigenvalue weighted by Gasteiger charge is 2.35. The molecule has 0 spiro atoms. The van der Waals surface area contributed by atoms with Crippen LogP contribution >= 0.6 is 0 Å². The number of carbonyl (C=O) groups is 1. The molecule has 1 fully saturated rings. The van der Waals surface area contributed by atoms with Crippen molar-refractivity contribution < 1.29 is 9.53 Å². The van der Waals surface area contributed by atoms with Gasteiger partial charge >= 0.3 is 0 Å². The molecule has 8 nitrogen and oxygen atoms in total. The monoisotopic (exact) mass is 380 g/mol. The second-order valence-corrected chi connectivity index (χ2v) is 7.04. The van der Waals surface area contributed by atoms with Crippen LogP contribution in [0.15, 0.2) is 43.0 Å². The van der Waals surface area contributed by atoms with Gasteiger partial charge in [0.25, 0.3) is 5.91 Å². The van der Waals surface area contributed by atoms with Crippen LogP contribution in [-0.2, 0) is 13.6 Å². The Bertz CT molecular complexity index is 944. The second kappa shape index (κ2) is 7.84. The number of amides is 1. The summed E-state index contributed by atoms with van der Waals surface area (Å²) in [6.07, 6.45) is 7.14. The van der Waals surface area contributed by atoms with Gasteiger partial charge in [-0.15, -0.1) is 10.2 Å². The number of nitrogens with one attached hydrogen (secondary N) is 1. The first-order valence-electron chi connectivity index (χ1n) is 9.52. The number of hydrogen-bond donors (Lipinski definition) is 1. The molecule has 2 heterocycles. The Morgan fingerprint density at radius 2 is 2.11 bits per heavy atom. The predicted octanol–water partition coefficient (Wildman–Crippen LogP) is 2.13. The van der Waals surface area contributed by atoms with Gasteiger partial charge in [-0.3, -0.25) is 4.79 Å². The highest BCUT2D eigenvalue weighted by atomic mass is 16.5. The molecule has 146 valence electrons. The van der Waals surface area contributed by atoms with Gasteiger partial charge < -0.3 is 19.2 Å². The molecule has 1 aliphatic rings. The Morgan fingerprint density at radius 1 is 1.29 bits per heavy atom. The predicted molar refractivity (Wildman–Crippen MR) is 103 cm³/mol. The Balaban J connectivity index is 1.35. The SMILES string of the molecule is CCOc1ccccc1C(=O)NC1CC(c2nnc(Cn3ccnc3)n2C)C1. The van der Waals surface area contributed by atoms with E-state index in [1.165, 1.54) is 0 Å². The molecule has 0 bridgehead atoms. The summed E-state index contributed by atoms with van der Waals surface area (Å²) in [5, 5.41) is 11.8. The Morgan fingerprint density at radius 3 is 2.86 bits per heavy atom. The molecule has 1 aromatic carbocycles. The molecule has 0 aliphatic heterocycles. The fraction of sp³-hybridized carbons (Fsp3) is 0.400. The molecule has 1 aliphatic carbocycles. The van der Waals surface area contributed by atoms with E-state index in [1.54, 1.807) is 18.6 Å². The van der Waals surface area contributed by atoms with Gasteiger partial charge in [0.05, 0.1) is 25.0 Å². The van der Waals surface area contributed by atoms with Crippen LogP contribution in [0.5, 0.6) is 5.75 Å². The normalized spacial score (nSPS) is 18.5. The van der Waals surface area contributed by atoms with Crippen molar-refractivity contribution in [2.45, 2.75) is 38.3 Å². The van der Waals surface area contributed by atoms with E-state index < -0.39 is 0 Å². The largest absolute Gasteiger partial charge is 0.493 e. The lowest BCUT2D eigenvalue weighted by Gasteiger charge is -2.35. The highest BCUT2D eigenvalue weighted by Crippen LogP contribution is 2.36. The number of nitrogens with zero attached hydrogens (tertiary/aromatic N) is 5. The maximum atomic E-state index is 12.6. The smallest absolute Gasteiger partial charge is 0.255 e. The molecular formula is C20H24N6O2. The van der Waals surface area contributed by atoms with Crippen LogP contribution in [0, 0.1) is 0 Å². The second-order valence-electron chi connectivity index (χ2n) is 7.04. The molecule has 1 amide bonds. The lowest BCUT2D eigenvalue weighted by molar-refractivity contribution is 0.0903. The topological polar surface area (TPSA) is 86.9 Å². The molecule has 2 aromatic heterocycles. The van der Waals surface area contributed by atoms with Crippen molar-refractivity contribution in [1.82, 2.24) is 29.6 Å². The van der Waals surface area contributed by atoms with E-state index in [0.29, 0.717) is 30.4 Å². The van der Waals surface area contributed by atoms with Crippen molar-refractivity contribution in [1.29, 1.82) is 0 Å². The lowest BCUT2D eigenvalue weighted by atomic mass is 9.79. The highest BCUT2D eigenvalue weighted by molar-refractivity contribution is 5.97. The summed E-state index contributed by atoms with van der Waals surface area (Å²) in [6, 6.07) is 7.48. The summed E-state index contributed by atoms with van der Waals surface area (Å²) in [4.78, 5) is 16.7. The van der Waals surface area contributed by atoms with Crippen molar-refractivity contribution in [2.75, 3.05) is 6.61 Å². The molecule has 4 rings (SSSR count). The first-order valence-corrected chi connectivity index (χ1v) is 9.52. The van der Waals surface area contributed by atoms with Crippen LogP contribution in [-0.4, -0.2) is 42.9 Å². The van der Waals surface area contributed by atoms with Gasteiger partial charge in [-0.05, 0) is 31.9 Å². The molecule has 1 saturated carbocycles. The zero-order valence-corrected chi connectivity index (χ0v) is 16.1. The lowest BCUT2D eigenvalue weighted by Crippen LogP contribution is -2.44. The number of rotatable bonds is 7. The van der Waals surface area contributed by atoms with E-state index in [2.05, 4.69) is 20.5 Å². The van der Waals surface area contributed by atoms with Crippen molar-refractivity contribution >= 4 is 5.91 Å². The number of hydrogen-bond acceptors (Lipinski definition) is 5. The van der Waals surface area contributed by atoms with Gasteiger partial charge in [0, 0.05) is 31.4 Å².